The fourth-order valence-corrected chi connectivity index (χ4v) is 1.79. The zero-order valence-corrected chi connectivity index (χ0v) is 11.2. The van der Waals surface area contributed by atoms with Crippen molar-refractivity contribution in [1.82, 2.24) is 9.88 Å². The fraction of sp³-hybridized carbons (Fsp3) is 0.500. The lowest BCUT2D eigenvalue weighted by Gasteiger charge is -2.26. The molecule has 0 unspecified atom stereocenters. The molecule has 0 aliphatic carbocycles. The Balaban J connectivity index is 3.04. The Bertz CT molecular complexity index is 407. The highest BCUT2D eigenvalue weighted by Crippen LogP contribution is 2.19. The van der Waals surface area contributed by atoms with Gasteiger partial charge in [0.15, 0.2) is 0 Å². The molecule has 1 heterocycles. The van der Waals surface area contributed by atoms with E-state index in [2.05, 4.69) is 4.98 Å². The predicted octanol–water partition coefficient (Wildman–Crippen LogP) is 2.58. The number of hydrogen-bond acceptors (Lipinski definition) is 3. The van der Waals surface area contributed by atoms with Crippen LogP contribution in [0.25, 0.3) is 0 Å². The molecule has 2 N–H and O–H groups in total. The van der Waals surface area contributed by atoms with E-state index in [9.17, 15) is 4.79 Å². The number of hydrogen-bond donors (Lipinski definition) is 1. The van der Waals surface area contributed by atoms with Gasteiger partial charge in [0.1, 0.15) is 5.15 Å². The van der Waals surface area contributed by atoms with E-state index in [1.165, 1.54) is 6.20 Å². The number of nitrogen functional groups attached to an aromatic ring is 1. The van der Waals surface area contributed by atoms with Crippen LogP contribution in [0.2, 0.25) is 5.15 Å². The number of nitrogens with zero attached hydrogens (tertiary/aromatic N) is 2. The van der Waals surface area contributed by atoms with Gasteiger partial charge in [-0.05, 0) is 26.3 Å². The molecule has 1 amide bonds. The lowest BCUT2D eigenvalue weighted by atomic mass is 10.2. The van der Waals surface area contributed by atoms with Gasteiger partial charge in [0.2, 0.25) is 0 Å². The van der Waals surface area contributed by atoms with Crippen LogP contribution in [-0.4, -0.2) is 28.4 Å². The predicted molar refractivity (Wildman–Crippen MR) is 70.1 cm³/mol. The maximum Gasteiger partial charge on any atom is 0.257 e. The third-order valence-electron chi connectivity index (χ3n) is 2.44. The Morgan fingerprint density at radius 3 is 2.76 bits per heavy atom. The monoisotopic (exact) mass is 255 g/mol. The Labute approximate surface area is 107 Å². The first kappa shape index (κ1) is 13.8. The van der Waals surface area contributed by atoms with Crippen LogP contribution in [0.4, 0.5) is 5.69 Å². The van der Waals surface area contributed by atoms with Crippen LogP contribution in [0.1, 0.15) is 37.6 Å². The lowest BCUT2D eigenvalue weighted by Crippen LogP contribution is -2.37. The number of aromatic nitrogens is 1. The molecule has 0 bridgehead atoms. The lowest BCUT2D eigenvalue weighted by molar-refractivity contribution is 0.0706. The summed E-state index contributed by atoms with van der Waals surface area (Å²) in [5.74, 6) is -0.119. The van der Waals surface area contributed by atoms with Crippen molar-refractivity contribution in [2.75, 3.05) is 12.3 Å². The van der Waals surface area contributed by atoms with E-state index in [1.54, 1.807) is 11.0 Å². The molecule has 0 radical (unpaired) electrons. The van der Waals surface area contributed by atoms with Crippen LogP contribution in [-0.2, 0) is 0 Å². The molecule has 0 aromatic carbocycles. The van der Waals surface area contributed by atoms with Crippen molar-refractivity contribution < 1.29 is 4.79 Å². The molecule has 4 nitrogen and oxygen atoms in total. The minimum absolute atomic E-state index is 0.119. The Hall–Kier alpha value is -1.29. The molecule has 94 valence electrons. The van der Waals surface area contributed by atoms with Gasteiger partial charge in [0.05, 0.1) is 17.4 Å². The first-order valence-corrected chi connectivity index (χ1v) is 6.07. The van der Waals surface area contributed by atoms with Crippen molar-refractivity contribution in [2.45, 2.75) is 33.2 Å². The quantitative estimate of drug-likeness (QED) is 0.842. The smallest absolute Gasteiger partial charge is 0.257 e. The summed E-state index contributed by atoms with van der Waals surface area (Å²) in [6, 6.07) is 1.70. The second kappa shape index (κ2) is 5.87. The summed E-state index contributed by atoms with van der Waals surface area (Å²) >= 11 is 5.93. The van der Waals surface area contributed by atoms with Crippen molar-refractivity contribution in [3.05, 3.63) is 23.0 Å². The summed E-state index contributed by atoms with van der Waals surface area (Å²) in [6.45, 7) is 6.67. The van der Waals surface area contributed by atoms with Crippen LogP contribution in [0, 0.1) is 0 Å². The molecule has 5 heteroatoms. The van der Waals surface area contributed by atoms with Crippen LogP contribution >= 0.6 is 11.6 Å². The molecule has 0 saturated heterocycles. The highest BCUT2D eigenvalue weighted by atomic mass is 35.5. The number of rotatable bonds is 4. The summed E-state index contributed by atoms with van der Waals surface area (Å²) in [5, 5.41) is 0.200. The van der Waals surface area contributed by atoms with Crippen molar-refractivity contribution >= 4 is 23.2 Å². The molecule has 0 aliphatic heterocycles. The van der Waals surface area contributed by atoms with Crippen molar-refractivity contribution in [1.29, 1.82) is 0 Å². The van der Waals surface area contributed by atoms with E-state index in [1.807, 2.05) is 20.8 Å². The van der Waals surface area contributed by atoms with E-state index in [4.69, 9.17) is 17.3 Å². The molecular weight excluding hydrogens is 238 g/mol. The van der Waals surface area contributed by atoms with E-state index in [0.717, 1.165) is 6.42 Å². The number of carbonyl (C=O) groups is 1. The van der Waals surface area contributed by atoms with Crippen molar-refractivity contribution in [3.8, 4) is 0 Å². The van der Waals surface area contributed by atoms with Gasteiger partial charge in [-0.15, -0.1) is 0 Å². The van der Waals surface area contributed by atoms with Crippen LogP contribution in [0.3, 0.4) is 0 Å². The summed E-state index contributed by atoms with van der Waals surface area (Å²) in [6.07, 6.45) is 2.34. The maximum atomic E-state index is 12.3. The molecule has 0 aliphatic rings. The van der Waals surface area contributed by atoms with Gasteiger partial charge in [0.25, 0.3) is 5.91 Å². The molecule has 0 saturated carbocycles. The van der Waals surface area contributed by atoms with Crippen molar-refractivity contribution in [3.63, 3.8) is 0 Å². The van der Waals surface area contributed by atoms with Gasteiger partial charge in [-0.2, -0.15) is 0 Å². The molecule has 1 rings (SSSR count). The Morgan fingerprint density at radius 2 is 2.24 bits per heavy atom. The van der Waals surface area contributed by atoms with Gasteiger partial charge in [-0.3, -0.25) is 4.79 Å². The zero-order chi connectivity index (χ0) is 13.0. The highest BCUT2D eigenvalue weighted by molar-refractivity contribution is 6.32. The van der Waals surface area contributed by atoms with Crippen molar-refractivity contribution in [2.24, 2.45) is 0 Å². The van der Waals surface area contributed by atoms with Gasteiger partial charge in [0, 0.05) is 12.6 Å². The standard InChI is InChI=1S/C12H18ClN3O/c1-4-5-16(8(2)3)12(17)10-6-9(14)7-15-11(10)13/h6-8H,4-5,14H2,1-3H3. The third kappa shape index (κ3) is 3.33. The van der Waals surface area contributed by atoms with Gasteiger partial charge < -0.3 is 10.6 Å². The van der Waals surface area contributed by atoms with Gasteiger partial charge in [-0.25, -0.2) is 4.98 Å². The second-order valence-electron chi connectivity index (χ2n) is 4.20. The van der Waals surface area contributed by atoms with Crippen LogP contribution < -0.4 is 5.73 Å². The Morgan fingerprint density at radius 1 is 1.59 bits per heavy atom. The molecule has 17 heavy (non-hydrogen) atoms. The normalized spacial score (nSPS) is 10.6. The number of halogens is 1. The number of nitrogens with two attached hydrogens (primary N) is 1. The molecule has 0 fully saturated rings. The summed E-state index contributed by atoms with van der Waals surface area (Å²) in [4.78, 5) is 18.0. The second-order valence-corrected chi connectivity index (χ2v) is 4.56. The SMILES string of the molecule is CCCN(C(=O)c1cc(N)cnc1Cl)C(C)C. The van der Waals surface area contributed by atoms with Crippen LogP contribution in [0.5, 0.6) is 0 Å². The molecule has 0 spiro atoms. The number of anilines is 1. The maximum absolute atomic E-state index is 12.3. The summed E-state index contributed by atoms with van der Waals surface area (Å²) in [5.41, 5.74) is 6.44. The van der Waals surface area contributed by atoms with Crippen LogP contribution in [0.15, 0.2) is 12.3 Å². The highest BCUT2D eigenvalue weighted by Gasteiger charge is 2.21. The van der Waals surface area contributed by atoms with Gasteiger partial charge in [-0.1, -0.05) is 18.5 Å². The van der Waals surface area contributed by atoms with E-state index < -0.39 is 0 Å². The topological polar surface area (TPSA) is 59.2 Å². The third-order valence-corrected chi connectivity index (χ3v) is 2.74. The average Bonchev–Trinajstić information content (AvgIpc) is 2.28. The number of amides is 1. The molecule has 0 atom stereocenters. The van der Waals surface area contributed by atoms with Gasteiger partial charge >= 0.3 is 0 Å². The van der Waals surface area contributed by atoms with E-state index >= 15 is 0 Å². The first-order valence-electron chi connectivity index (χ1n) is 5.69. The minimum atomic E-state index is -0.119. The van der Waals surface area contributed by atoms with E-state index in [0.29, 0.717) is 17.8 Å². The minimum Gasteiger partial charge on any atom is -0.397 e. The molecule has 1 aromatic heterocycles. The largest absolute Gasteiger partial charge is 0.397 e. The number of carbonyl (C=O) groups excluding carboxylic acids is 1. The first-order chi connectivity index (χ1) is 7.97. The fourth-order valence-electron chi connectivity index (χ4n) is 1.60. The molecular formula is C12H18ClN3O. The van der Waals surface area contributed by atoms with E-state index in [-0.39, 0.29) is 17.1 Å². The summed E-state index contributed by atoms with van der Waals surface area (Å²) in [7, 11) is 0. The Kier molecular flexibility index (Phi) is 4.75. The summed E-state index contributed by atoms with van der Waals surface area (Å²) < 4.78 is 0. The molecule has 1 aromatic rings. The average molecular weight is 256 g/mol. The zero-order valence-electron chi connectivity index (χ0n) is 10.4. The number of pyridine rings is 1.